The van der Waals surface area contributed by atoms with Crippen LogP contribution in [0.5, 0.6) is 0 Å². The fourth-order valence-corrected chi connectivity index (χ4v) is 1.83. The molecular weight excluding hydrogens is 220 g/mol. The Bertz CT molecular complexity index is 337. The highest BCUT2D eigenvalue weighted by Crippen LogP contribution is 2.15. The largest absolute Gasteiger partial charge is 0.370 e. The van der Waals surface area contributed by atoms with Gasteiger partial charge in [-0.1, -0.05) is 12.1 Å². The number of nitrogens with zero attached hydrogens (tertiary/aromatic N) is 1. The molecule has 0 unspecified atom stereocenters. The summed E-state index contributed by atoms with van der Waals surface area (Å²) in [5.74, 6) is -0.246. The number of hydrogen-bond acceptors (Lipinski definition) is 3. The number of hydrogen-bond donors (Lipinski definition) is 1. The first-order chi connectivity index (χ1) is 7.61. The highest BCUT2D eigenvalue weighted by atomic mass is 32.2. The average Bonchev–Trinajstić information content (AvgIpc) is 2.27. The molecule has 16 heavy (non-hydrogen) atoms. The minimum atomic E-state index is -0.246. The van der Waals surface area contributed by atoms with Gasteiger partial charge in [0.05, 0.1) is 0 Å². The van der Waals surface area contributed by atoms with Crippen LogP contribution in [0.15, 0.2) is 29.2 Å². The molecule has 0 bridgehead atoms. The minimum absolute atomic E-state index is 0.246. The van der Waals surface area contributed by atoms with Gasteiger partial charge < -0.3 is 10.6 Å². The lowest BCUT2D eigenvalue weighted by Gasteiger charge is -2.15. The smallest absolute Gasteiger partial charge is 0.218 e. The topological polar surface area (TPSA) is 46.3 Å². The van der Waals surface area contributed by atoms with Crippen LogP contribution in [0.1, 0.15) is 12.0 Å². The summed E-state index contributed by atoms with van der Waals surface area (Å²) in [6, 6.07) is 8.46. The van der Waals surface area contributed by atoms with Crippen molar-refractivity contribution in [1.29, 1.82) is 0 Å². The van der Waals surface area contributed by atoms with E-state index < -0.39 is 0 Å². The van der Waals surface area contributed by atoms with Crippen LogP contribution in [0.3, 0.4) is 0 Å². The Labute approximate surface area is 101 Å². The van der Waals surface area contributed by atoms with Crippen LogP contribution in [0.2, 0.25) is 0 Å². The third kappa shape index (κ3) is 4.68. The average molecular weight is 238 g/mol. The molecule has 4 heteroatoms. The van der Waals surface area contributed by atoms with Crippen LogP contribution < -0.4 is 5.73 Å². The molecule has 0 aliphatic heterocycles. The third-order valence-electron chi connectivity index (χ3n) is 2.35. The van der Waals surface area contributed by atoms with Crippen LogP contribution in [0.4, 0.5) is 0 Å². The Kier molecular flexibility index (Phi) is 5.35. The van der Waals surface area contributed by atoms with E-state index in [1.807, 2.05) is 7.05 Å². The summed E-state index contributed by atoms with van der Waals surface area (Å²) in [6.45, 7) is 1.56. The monoisotopic (exact) mass is 238 g/mol. The molecule has 2 N–H and O–H groups in total. The number of amides is 1. The molecule has 3 nitrogen and oxygen atoms in total. The van der Waals surface area contributed by atoms with Gasteiger partial charge in [0.15, 0.2) is 0 Å². The molecule has 1 rings (SSSR count). The van der Waals surface area contributed by atoms with Crippen LogP contribution >= 0.6 is 11.8 Å². The van der Waals surface area contributed by atoms with E-state index in [2.05, 4.69) is 35.4 Å². The number of nitrogens with two attached hydrogens (primary N) is 1. The van der Waals surface area contributed by atoms with Gasteiger partial charge in [-0.3, -0.25) is 4.79 Å². The van der Waals surface area contributed by atoms with E-state index in [1.165, 1.54) is 10.5 Å². The first kappa shape index (κ1) is 13.1. The molecular formula is C12H18N2OS. The van der Waals surface area contributed by atoms with Crippen molar-refractivity contribution in [3.8, 4) is 0 Å². The molecule has 0 atom stereocenters. The van der Waals surface area contributed by atoms with Crippen molar-refractivity contribution < 1.29 is 4.79 Å². The van der Waals surface area contributed by atoms with Crippen molar-refractivity contribution in [3.05, 3.63) is 29.8 Å². The maximum Gasteiger partial charge on any atom is 0.218 e. The van der Waals surface area contributed by atoms with Gasteiger partial charge in [-0.25, -0.2) is 0 Å². The van der Waals surface area contributed by atoms with Gasteiger partial charge in [-0.15, -0.1) is 11.8 Å². The number of carbonyl (C=O) groups excluding carboxylic acids is 1. The predicted octanol–water partition coefficient (Wildman–Crippen LogP) is 1.72. The SMILES string of the molecule is CSc1ccc(CN(C)CCC(N)=O)cc1. The molecule has 1 aromatic carbocycles. The Morgan fingerprint density at radius 3 is 2.50 bits per heavy atom. The van der Waals surface area contributed by atoms with Crippen molar-refractivity contribution in [2.45, 2.75) is 17.9 Å². The molecule has 0 saturated heterocycles. The second-order valence-electron chi connectivity index (χ2n) is 3.80. The third-order valence-corrected chi connectivity index (χ3v) is 3.10. The molecule has 0 radical (unpaired) electrons. The number of primary amides is 1. The van der Waals surface area contributed by atoms with Gasteiger partial charge in [0.1, 0.15) is 0 Å². The Morgan fingerprint density at radius 1 is 1.38 bits per heavy atom. The zero-order valence-electron chi connectivity index (χ0n) is 9.77. The summed E-state index contributed by atoms with van der Waals surface area (Å²) in [5.41, 5.74) is 6.36. The van der Waals surface area contributed by atoms with Gasteiger partial charge in [0.2, 0.25) is 5.91 Å². The molecule has 0 aliphatic carbocycles. The van der Waals surface area contributed by atoms with Crippen molar-refractivity contribution in [2.75, 3.05) is 19.8 Å². The molecule has 88 valence electrons. The lowest BCUT2D eigenvalue weighted by Crippen LogP contribution is -2.24. The summed E-state index contributed by atoms with van der Waals surface area (Å²) in [5, 5.41) is 0. The summed E-state index contributed by atoms with van der Waals surface area (Å²) < 4.78 is 0. The lowest BCUT2D eigenvalue weighted by atomic mass is 10.2. The number of benzene rings is 1. The number of thioether (sulfide) groups is 1. The van der Waals surface area contributed by atoms with Crippen molar-refractivity contribution in [3.63, 3.8) is 0 Å². The summed E-state index contributed by atoms with van der Waals surface area (Å²) in [7, 11) is 1.99. The van der Waals surface area contributed by atoms with E-state index >= 15 is 0 Å². The lowest BCUT2D eigenvalue weighted by molar-refractivity contribution is -0.118. The molecule has 0 spiro atoms. The molecule has 0 saturated carbocycles. The molecule has 1 amide bonds. The highest BCUT2D eigenvalue weighted by molar-refractivity contribution is 7.98. The summed E-state index contributed by atoms with van der Waals surface area (Å²) in [6.07, 6.45) is 2.48. The first-order valence-corrected chi connectivity index (χ1v) is 6.44. The molecule has 1 aromatic rings. The van der Waals surface area contributed by atoms with Gasteiger partial charge in [-0.2, -0.15) is 0 Å². The Hall–Kier alpha value is -1.00. The van der Waals surface area contributed by atoms with Crippen molar-refractivity contribution in [2.24, 2.45) is 5.73 Å². The van der Waals surface area contributed by atoms with E-state index in [-0.39, 0.29) is 5.91 Å². The Balaban J connectivity index is 2.43. The molecule has 0 fully saturated rings. The van der Waals surface area contributed by atoms with E-state index in [4.69, 9.17) is 5.73 Å². The van der Waals surface area contributed by atoms with Gasteiger partial charge in [-0.05, 0) is 31.0 Å². The Morgan fingerprint density at radius 2 is 2.00 bits per heavy atom. The fraction of sp³-hybridized carbons (Fsp3) is 0.417. The van der Waals surface area contributed by atoms with Crippen molar-refractivity contribution >= 4 is 17.7 Å². The molecule has 0 aliphatic rings. The highest BCUT2D eigenvalue weighted by Gasteiger charge is 2.02. The quantitative estimate of drug-likeness (QED) is 0.768. The fourth-order valence-electron chi connectivity index (χ4n) is 1.42. The molecule has 0 heterocycles. The standard InChI is InChI=1S/C12H18N2OS/c1-14(8-7-12(13)15)9-10-3-5-11(16-2)6-4-10/h3-6H,7-9H2,1-2H3,(H2,13,15). The second kappa shape index (κ2) is 6.55. The normalized spacial score (nSPS) is 10.7. The zero-order valence-corrected chi connectivity index (χ0v) is 10.6. The van der Waals surface area contributed by atoms with E-state index in [0.29, 0.717) is 13.0 Å². The van der Waals surface area contributed by atoms with E-state index in [9.17, 15) is 4.79 Å². The summed E-state index contributed by atoms with van der Waals surface area (Å²) in [4.78, 5) is 14.0. The van der Waals surface area contributed by atoms with E-state index in [1.54, 1.807) is 11.8 Å². The van der Waals surface area contributed by atoms with Crippen LogP contribution in [-0.2, 0) is 11.3 Å². The number of rotatable bonds is 6. The zero-order chi connectivity index (χ0) is 12.0. The summed E-state index contributed by atoms with van der Waals surface area (Å²) >= 11 is 1.74. The number of carbonyl (C=O) groups is 1. The first-order valence-electron chi connectivity index (χ1n) is 5.21. The maximum atomic E-state index is 10.6. The van der Waals surface area contributed by atoms with Crippen LogP contribution in [-0.4, -0.2) is 30.7 Å². The predicted molar refractivity (Wildman–Crippen MR) is 68.4 cm³/mol. The minimum Gasteiger partial charge on any atom is -0.370 e. The second-order valence-corrected chi connectivity index (χ2v) is 4.68. The van der Waals surface area contributed by atoms with Crippen LogP contribution in [0.25, 0.3) is 0 Å². The van der Waals surface area contributed by atoms with E-state index in [0.717, 1.165) is 6.54 Å². The van der Waals surface area contributed by atoms with Gasteiger partial charge in [0.25, 0.3) is 0 Å². The molecule has 0 aromatic heterocycles. The van der Waals surface area contributed by atoms with Crippen molar-refractivity contribution in [1.82, 2.24) is 4.90 Å². The van der Waals surface area contributed by atoms with Gasteiger partial charge in [0, 0.05) is 24.4 Å². The van der Waals surface area contributed by atoms with Crippen LogP contribution in [0, 0.1) is 0 Å². The maximum absolute atomic E-state index is 10.6. The van der Waals surface area contributed by atoms with Gasteiger partial charge >= 0.3 is 0 Å².